The average molecular weight is 344 g/mol. The van der Waals surface area contributed by atoms with Gasteiger partial charge in [-0.15, -0.1) is 0 Å². The van der Waals surface area contributed by atoms with Crippen molar-refractivity contribution < 1.29 is 19.1 Å². The zero-order chi connectivity index (χ0) is 18.0. The molecule has 0 unspecified atom stereocenters. The van der Waals surface area contributed by atoms with Crippen LogP contribution in [0.2, 0.25) is 0 Å². The fraction of sp³-hybridized carbons (Fsp3) is 0.778. The van der Waals surface area contributed by atoms with Crippen molar-refractivity contribution in [3.8, 4) is 0 Å². The van der Waals surface area contributed by atoms with Crippen molar-refractivity contribution in [3.05, 3.63) is 10.6 Å². The minimum atomic E-state index is -2.73. The molecule has 1 rings (SSSR count). The molecule has 0 aliphatic carbocycles. The fourth-order valence-corrected chi connectivity index (χ4v) is 14.4. The van der Waals surface area contributed by atoms with E-state index in [-0.39, 0.29) is 11.9 Å². The van der Waals surface area contributed by atoms with E-state index in [9.17, 15) is 9.59 Å². The predicted octanol–water partition coefficient (Wildman–Crippen LogP) is 4.08. The normalized spacial score (nSPS) is 20.4. The van der Waals surface area contributed by atoms with Crippen molar-refractivity contribution in [3.63, 3.8) is 0 Å². The second kappa shape index (κ2) is 6.93. The quantitative estimate of drug-likeness (QED) is 0.492. The topological polar surface area (TPSA) is 52.6 Å². The van der Waals surface area contributed by atoms with Gasteiger partial charge >= 0.3 is 140 Å². The van der Waals surface area contributed by atoms with E-state index in [1.807, 2.05) is 0 Å². The van der Waals surface area contributed by atoms with Crippen molar-refractivity contribution in [2.45, 2.75) is 41.5 Å². The van der Waals surface area contributed by atoms with Gasteiger partial charge in [0.2, 0.25) is 0 Å². The number of rotatable bonds is 8. The molecule has 0 bridgehead atoms. The van der Waals surface area contributed by atoms with E-state index in [4.69, 9.17) is 9.47 Å². The second-order valence-electron chi connectivity index (χ2n) is 8.14. The minimum absolute atomic E-state index is 0.329. The van der Waals surface area contributed by atoms with Crippen molar-refractivity contribution >= 4 is 18.5 Å². The number of hydrogen-bond donors (Lipinski definition) is 0. The first-order chi connectivity index (χ1) is 10.5. The number of methoxy groups -OCH3 is 2. The summed E-state index contributed by atoms with van der Waals surface area (Å²) >= 11 is 0. The van der Waals surface area contributed by atoms with Crippen LogP contribution >= 0.6 is 6.60 Å². The van der Waals surface area contributed by atoms with Crippen molar-refractivity contribution in [1.29, 1.82) is 0 Å². The van der Waals surface area contributed by atoms with Gasteiger partial charge < -0.3 is 0 Å². The van der Waals surface area contributed by atoms with Gasteiger partial charge in [-0.05, 0) is 0 Å². The Balaban J connectivity index is 3.56. The zero-order valence-electron chi connectivity index (χ0n) is 15.9. The Morgan fingerprint density at radius 1 is 0.739 bits per heavy atom. The summed E-state index contributed by atoms with van der Waals surface area (Å²) in [6.45, 7) is 10.2. The van der Waals surface area contributed by atoms with E-state index in [0.29, 0.717) is 28.4 Å². The summed E-state index contributed by atoms with van der Waals surface area (Å²) in [6.07, 6.45) is 2.70. The standard InChI is InChI=1S/C18H33O4P/c1-12(2)9-23(10-13(3)4,11-14(5)6)15(17(19)21-7)16(23)18(20)22-8/h12-14H,9-11H2,1-8H3. The number of carbonyl (C=O) groups is 2. The van der Waals surface area contributed by atoms with Crippen LogP contribution in [0.4, 0.5) is 0 Å². The maximum atomic E-state index is 12.5. The first-order valence-corrected chi connectivity index (χ1v) is 11.3. The van der Waals surface area contributed by atoms with E-state index in [0.717, 1.165) is 18.5 Å². The predicted molar refractivity (Wildman–Crippen MR) is 97.1 cm³/mol. The molecule has 1 aliphatic heterocycles. The van der Waals surface area contributed by atoms with Crippen molar-refractivity contribution in [2.75, 3.05) is 32.7 Å². The molecule has 0 aromatic rings. The van der Waals surface area contributed by atoms with Crippen LogP contribution in [0.1, 0.15) is 41.5 Å². The summed E-state index contributed by atoms with van der Waals surface area (Å²) in [6, 6.07) is 0. The first-order valence-electron chi connectivity index (χ1n) is 8.47. The molecule has 0 N–H and O–H groups in total. The number of carbonyl (C=O) groups excluding carboxylic acids is 2. The SMILES string of the molecule is COC(=O)C1=C(C(=O)OC)P1(CC(C)C)(CC(C)C)CC(C)C. The van der Waals surface area contributed by atoms with Crippen LogP contribution in [0.25, 0.3) is 0 Å². The van der Waals surface area contributed by atoms with Gasteiger partial charge in [0.25, 0.3) is 0 Å². The summed E-state index contributed by atoms with van der Waals surface area (Å²) < 4.78 is 10.1. The third-order valence-corrected chi connectivity index (χ3v) is 12.3. The monoisotopic (exact) mass is 344 g/mol. The molecule has 1 heterocycles. The molecule has 5 heteroatoms. The molecule has 0 aromatic heterocycles. The van der Waals surface area contributed by atoms with Gasteiger partial charge in [-0.3, -0.25) is 0 Å². The van der Waals surface area contributed by atoms with Crippen LogP contribution < -0.4 is 0 Å². The molecule has 0 saturated carbocycles. The van der Waals surface area contributed by atoms with Gasteiger partial charge in [0, 0.05) is 0 Å². The zero-order valence-corrected chi connectivity index (χ0v) is 16.8. The van der Waals surface area contributed by atoms with Gasteiger partial charge in [-0.25, -0.2) is 0 Å². The molecular formula is C18H33O4P. The van der Waals surface area contributed by atoms with Gasteiger partial charge in [-0.1, -0.05) is 0 Å². The maximum absolute atomic E-state index is 12.5. The fourth-order valence-electron chi connectivity index (χ4n) is 4.71. The third kappa shape index (κ3) is 3.47. The van der Waals surface area contributed by atoms with Crippen molar-refractivity contribution in [2.24, 2.45) is 17.8 Å². The molecule has 0 fully saturated rings. The van der Waals surface area contributed by atoms with Crippen LogP contribution in [0.3, 0.4) is 0 Å². The van der Waals surface area contributed by atoms with Gasteiger partial charge in [0.1, 0.15) is 0 Å². The first kappa shape index (κ1) is 20.2. The Kier molecular flexibility index (Phi) is 6.07. The van der Waals surface area contributed by atoms with E-state index in [1.165, 1.54) is 14.2 Å². The molecule has 0 spiro atoms. The van der Waals surface area contributed by atoms with Gasteiger partial charge in [0.15, 0.2) is 0 Å². The molecule has 1 aliphatic rings. The number of ether oxygens (including phenoxy) is 2. The molecule has 0 aromatic carbocycles. The van der Waals surface area contributed by atoms with Gasteiger partial charge in [0.05, 0.1) is 0 Å². The summed E-state index contributed by atoms with van der Waals surface area (Å²) in [5.41, 5.74) is 0. The summed E-state index contributed by atoms with van der Waals surface area (Å²) in [7, 11) is 2.79. The van der Waals surface area contributed by atoms with Crippen LogP contribution in [-0.2, 0) is 19.1 Å². The van der Waals surface area contributed by atoms with E-state index in [2.05, 4.69) is 41.5 Å². The number of hydrogen-bond acceptors (Lipinski definition) is 4. The molecule has 23 heavy (non-hydrogen) atoms. The van der Waals surface area contributed by atoms with E-state index in [1.54, 1.807) is 0 Å². The molecule has 0 amide bonds. The molecule has 134 valence electrons. The summed E-state index contributed by atoms with van der Waals surface area (Å²) in [5, 5.41) is 1.36. The Bertz CT molecular complexity index is 458. The van der Waals surface area contributed by atoms with Crippen LogP contribution in [-0.4, -0.2) is 44.6 Å². The Morgan fingerprint density at radius 2 is 1.00 bits per heavy atom. The third-order valence-electron chi connectivity index (χ3n) is 4.52. The molecular weight excluding hydrogens is 311 g/mol. The molecule has 4 nitrogen and oxygen atoms in total. The molecule has 0 saturated heterocycles. The Morgan fingerprint density at radius 3 is 1.17 bits per heavy atom. The summed E-state index contributed by atoms with van der Waals surface area (Å²) in [4.78, 5) is 25.0. The van der Waals surface area contributed by atoms with Crippen LogP contribution in [0.5, 0.6) is 0 Å². The number of esters is 2. The summed E-state index contributed by atoms with van der Waals surface area (Å²) in [5.74, 6) is 0.570. The Labute approximate surface area is 140 Å². The van der Waals surface area contributed by atoms with Crippen molar-refractivity contribution in [1.82, 2.24) is 0 Å². The van der Waals surface area contributed by atoms with E-state index < -0.39 is 6.60 Å². The molecule has 0 radical (unpaired) electrons. The average Bonchev–Trinajstić information content (AvgIpc) is 2.95. The van der Waals surface area contributed by atoms with Gasteiger partial charge in [-0.2, -0.15) is 0 Å². The van der Waals surface area contributed by atoms with Crippen LogP contribution in [0, 0.1) is 17.8 Å². The van der Waals surface area contributed by atoms with E-state index >= 15 is 0 Å². The second-order valence-corrected chi connectivity index (χ2v) is 13.6. The Hall–Kier alpha value is -0.890. The van der Waals surface area contributed by atoms with Crippen LogP contribution in [0.15, 0.2) is 10.6 Å². The molecule has 0 atom stereocenters.